The Labute approximate surface area is 119 Å². The molecule has 0 amide bonds. The largest absolute Gasteiger partial charge is 0.357 e. The highest BCUT2D eigenvalue weighted by molar-refractivity contribution is 6.30. The van der Waals surface area contributed by atoms with Gasteiger partial charge in [-0.3, -0.25) is 0 Å². The van der Waals surface area contributed by atoms with Crippen molar-refractivity contribution in [3.63, 3.8) is 0 Å². The van der Waals surface area contributed by atoms with Gasteiger partial charge in [0.1, 0.15) is 5.82 Å². The van der Waals surface area contributed by atoms with Crippen molar-refractivity contribution < 1.29 is 4.39 Å². The first-order chi connectivity index (χ1) is 9.17. The van der Waals surface area contributed by atoms with Crippen LogP contribution in [0, 0.1) is 5.82 Å². The summed E-state index contributed by atoms with van der Waals surface area (Å²) < 4.78 is 13.0. The van der Waals surface area contributed by atoms with E-state index in [-0.39, 0.29) is 5.02 Å². The summed E-state index contributed by atoms with van der Waals surface area (Å²) >= 11 is 5.74. The molecule has 0 saturated heterocycles. The molecule has 2 N–H and O–H groups in total. The fourth-order valence-corrected chi connectivity index (χ4v) is 1.74. The van der Waals surface area contributed by atoms with E-state index >= 15 is 0 Å². The molecule has 0 fully saturated rings. The van der Waals surface area contributed by atoms with Crippen molar-refractivity contribution in [1.82, 2.24) is 10.6 Å². The van der Waals surface area contributed by atoms with E-state index < -0.39 is 5.82 Å². The van der Waals surface area contributed by atoms with Gasteiger partial charge in [0.2, 0.25) is 0 Å². The molecule has 5 heteroatoms. The minimum Gasteiger partial charge on any atom is -0.357 e. The summed E-state index contributed by atoms with van der Waals surface area (Å²) in [7, 11) is 0. The monoisotopic (exact) mass is 285 g/mol. The molecule has 0 bridgehead atoms. The lowest BCUT2D eigenvalue weighted by Gasteiger charge is -2.10. The summed E-state index contributed by atoms with van der Waals surface area (Å²) in [5.74, 6) is 0.374. The molecular weight excluding hydrogens is 265 g/mol. The number of nitrogens with one attached hydrogen (secondary N) is 2. The Morgan fingerprint density at radius 1 is 1.32 bits per heavy atom. The molecule has 1 aromatic rings. The van der Waals surface area contributed by atoms with Gasteiger partial charge in [-0.2, -0.15) is 0 Å². The van der Waals surface area contributed by atoms with Crippen molar-refractivity contribution in [3.8, 4) is 0 Å². The third-order valence-electron chi connectivity index (χ3n) is 2.57. The molecule has 0 heterocycles. The average molecular weight is 286 g/mol. The van der Waals surface area contributed by atoms with Gasteiger partial charge < -0.3 is 10.6 Å². The Morgan fingerprint density at radius 2 is 2.11 bits per heavy atom. The molecule has 0 spiro atoms. The van der Waals surface area contributed by atoms with Crippen molar-refractivity contribution >= 4 is 17.6 Å². The van der Waals surface area contributed by atoms with Crippen LogP contribution >= 0.6 is 11.6 Å². The van der Waals surface area contributed by atoms with Crippen LogP contribution in [-0.4, -0.2) is 19.0 Å². The van der Waals surface area contributed by atoms with Gasteiger partial charge in [0.15, 0.2) is 5.96 Å². The predicted molar refractivity (Wildman–Crippen MR) is 79.1 cm³/mol. The zero-order valence-electron chi connectivity index (χ0n) is 11.5. The van der Waals surface area contributed by atoms with Crippen molar-refractivity contribution in [2.24, 2.45) is 4.99 Å². The molecule has 0 radical (unpaired) electrons. The van der Waals surface area contributed by atoms with Gasteiger partial charge in [-0.05, 0) is 31.0 Å². The number of hydrogen-bond acceptors (Lipinski definition) is 1. The van der Waals surface area contributed by atoms with E-state index in [0.29, 0.717) is 6.54 Å². The van der Waals surface area contributed by atoms with Crippen LogP contribution in [0.25, 0.3) is 0 Å². The van der Waals surface area contributed by atoms with Gasteiger partial charge in [0.05, 0.1) is 11.6 Å². The Kier molecular flexibility index (Phi) is 7.26. The summed E-state index contributed by atoms with van der Waals surface area (Å²) in [4.78, 5) is 4.44. The van der Waals surface area contributed by atoms with Crippen LogP contribution in [-0.2, 0) is 6.54 Å². The van der Waals surface area contributed by atoms with Gasteiger partial charge in [0, 0.05) is 13.1 Å². The SMILES string of the molecule is CCCCNC(=NCc1ccc(F)c(Cl)c1)NCC. The van der Waals surface area contributed by atoms with Crippen molar-refractivity contribution in [2.75, 3.05) is 13.1 Å². The maximum atomic E-state index is 13.0. The molecule has 0 atom stereocenters. The topological polar surface area (TPSA) is 36.4 Å². The molecule has 0 aliphatic heterocycles. The van der Waals surface area contributed by atoms with Crippen molar-refractivity contribution in [3.05, 3.63) is 34.6 Å². The second-order valence-corrected chi connectivity index (χ2v) is 4.63. The van der Waals surface area contributed by atoms with Crippen LogP contribution in [0.4, 0.5) is 4.39 Å². The minimum absolute atomic E-state index is 0.136. The lowest BCUT2D eigenvalue weighted by molar-refractivity contribution is 0.627. The number of hydrogen-bond donors (Lipinski definition) is 2. The van der Waals surface area contributed by atoms with E-state index in [1.165, 1.54) is 6.07 Å². The number of benzene rings is 1. The summed E-state index contributed by atoms with van der Waals surface area (Å²) in [6.45, 7) is 6.34. The fraction of sp³-hybridized carbons (Fsp3) is 0.500. The molecular formula is C14H21ClFN3. The smallest absolute Gasteiger partial charge is 0.191 e. The molecule has 1 rings (SSSR count). The van der Waals surface area contributed by atoms with Crippen LogP contribution in [0.5, 0.6) is 0 Å². The second-order valence-electron chi connectivity index (χ2n) is 4.22. The van der Waals surface area contributed by atoms with Gasteiger partial charge in [-0.15, -0.1) is 0 Å². The quantitative estimate of drug-likeness (QED) is 0.478. The molecule has 0 unspecified atom stereocenters. The number of guanidine groups is 1. The number of rotatable bonds is 6. The van der Waals surface area contributed by atoms with Crippen LogP contribution in [0.3, 0.4) is 0 Å². The van der Waals surface area contributed by atoms with Gasteiger partial charge in [0.25, 0.3) is 0 Å². The first-order valence-electron chi connectivity index (χ1n) is 6.63. The zero-order valence-corrected chi connectivity index (χ0v) is 12.2. The third-order valence-corrected chi connectivity index (χ3v) is 2.86. The number of aliphatic imine (C=N–C) groups is 1. The van der Waals surface area contributed by atoms with E-state index in [9.17, 15) is 4.39 Å². The predicted octanol–water partition coefficient (Wildman–Crippen LogP) is 3.33. The summed E-state index contributed by atoms with van der Waals surface area (Å²) in [5, 5.41) is 6.56. The first kappa shape index (κ1) is 15.8. The zero-order chi connectivity index (χ0) is 14.1. The maximum absolute atomic E-state index is 13.0. The minimum atomic E-state index is -0.401. The number of unbranched alkanes of at least 4 members (excludes halogenated alkanes) is 1. The fourth-order valence-electron chi connectivity index (χ4n) is 1.53. The van der Waals surface area contributed by atoms with E-state index in [1.54, 1.807) is 12.1 Å². The van der Waals surface area contributed by atoms with Gasteiger partial charge in [-0.25, -0.2) is 9.38 Å². The second kappa shape index (κ2) is 8.75. The lowest BCUT2D eigenvalue weighted by atomic mass is 10.2. The molecule has 3 nitrogen and oxygen atoms in total. The van der Waals surface area contributed by atoms with Crippen LogP contribution in [0.15, 0.2) is 23.2 Å². The highest BCUT2D eigenvalue weighted by Crippen LogP contribution is 2.16. The van der Waals surface area contributed by atoms with Crippen molar-refractivity contribution in [1.29, 1.82) is 0 Å². The van der Waals surface area contributed by atoms with Crippen LogP contribution in [0.2, 0.25) is 5.02 Å². The van der Waals surface area contributed by atoms with E-state index in [4.69, 9.17) is 11.6 Å². The highest BCUT2D eigenvalue weighted by atomic mass is 35.5. The van der Waals surface area contributed by atoms with E-state index in [1.807, 2.05) is 6.92 Å². The maximum Gasteiger partial charge on any atom is 0.191 e. The summed E-state index contributed by atoms with van der Waals surface area (Å²) in [6, 6.07) is 4.67. The van der Waals surface area contributed by atoms with E-state index in [2.05, 4.69) is 22.5 Å². The standard InChI is InChI=1S/C14H21ClFN3/c1-3-5-8-18-14(17-4-2)19-10-11-6-7-13(16)12(15)9-11/h6-7,9H,3-5,8,10H2,1-2H3,(H2,17,18,19). The molecule has 0 saturated carbocycles. The van der Waals surface area contributed by atoms with Crippen molar-refractivity contribution in [2.45, 2.75) is 33.2 Å². The van der Waals surface area contributed by atoms with Gasteiger partial charge in [-0.1, -0.05) is 31.0 Å². The molecule has 106 valence electrons. The lowest BCUT2D eigenvalue weighted by Crippen LogP contribution is -2.37. The number of nitrogens with zero attached hydrogens (tertiary/aromatic N) is 1. The third kappa shape index (κ3) is 5.92. The average Bonchev–Trinajstić information content (AvgIpc) is 2.40. The summed E-state index contributed by atoms with van der Waals surface area (Å²) in [5.41, 5.74) is 0.888. The Morgan fingerprint density at radius 3 is 2.74 bits per heavy atom. The normalized spacial score (nSPS) is 11.5. The first-order valence-corrected chi connectivity index (χ1v) is 7.01. The Bertz CT molecular complexity index is 421. The Balaban J connectivity index is 2.60. The Hall–Kier alpha value is -1.29. The number of halogens is 2. The van der Waals surface area contributed by atoms with Crippen LogP contribution < -0.4 is 10.6 Å². The van der Waals surface area contributed by atoms with E-state index in [0.717, 1.165) is 37.5 Å². The molecule has 19 heavy (non-hydrogen) atoms. The highest BCUT2D eigenvalue weighted by Gasteiger charge is 2.01. The molecule has 0 aromatic heterocycles. The molecule has 1 aromatic carbocycles. The molecule has 0 aliphatic carbocycles. The van der Waals surface area contributed by atoms with Gasteiger partial charge >= 0.3 is 0 Å². The van der Waals surface area contributed by atoms with Crippen LogP contribution in [0.1, 0.15) is 32.3 Å². The molecule has 0 aliphatic rings. The summed E-state index contributed by atoms with van der Waals surface area (Å²) in [6.07, 6.45) is 2.24.